The number of halogens is 2. The monoisotopic (exact) mass is 344 g/mol. The Morgan fingerprint density at radius 3 is 2.67 bits per heavy atom. The number of fused-ring (bicyclic) bond motifs is 1. The summed E-state index contributed by atoms with van der Waals surface area (Å²) in [6.45, 7) is 1.15. The van der Waals surface area contributed by atoms with Crippen molar-refractivity contribution < 1.29 is 4.39 Å². The summed E-state index contributed by atoms with van der Waals surface area (Å²) in [5, 5.41) is 4.39. The summed E-state index contributed by atoms with van der Waals surface area (Å²) >= 11 is 3.26. The van der Waals surface area contributed by atoms with E-state index in [1.54, 1.807) is 12.3 Å². The zero-order valence-electron chi connectivity index (χ0n) is 11.3. The Balaban J connectivity index is 1.72. The summed E-state index contributed by atoms with van der Waals surface area (Å²) in [6.07, 6.45) is 1.79. The predicted octanol–water partition coefficient (Wildman–Crippen LogP) is 4.43. The number of rotatable bonds is 4. The van der Waals surface area contributed by atoms with Gasteiger partial charge in [-0.05, 0) is 23.8 Å². The van der Waals surface area contributed by atoms with Crippen LogP contribution in [-0.2, 0) is 13.1 Å². The molecule has 1 aromatic heterocycles. The summed E-state index contributed by atoms with van der Waals surface area (Å²) in [5.41, 5.74) is 2.76. The summed E-state index contributed by atoms with van der Waals surface area (Å²) < 4.78 is 14.5. The highest BCUT2D eigenvalue weighted by Crippen LogP contribution is 2.17. The van der Waals surface area contributed by atoms with Gasteiger partial charge < -0.3 is 5.32 Å². The maximum atomic E-state index is 13.7. The van der Waals surface area contributed by atoms with E-state index < -0.39 is 0 Å². The first-order chi connectivity index (χ1) is 10.2. The molecule has 0 fully saturated rings. The first-order valence-electron chi connectivity index (χ1n) is 6.71. The molecule has 0 radical (unpaired) electrons. The molecule has 2 aromatic carbocycles. The highest BCUT2D eigenvalue weighted by atomic mass is 79.9. The third-order valence-electron chi connectivity index (χ3n) is 3.36. The number of nitrogens with zero attached hydrogens (tertiary/aromatic N) is 1. The normalized spacial score (nSPS) is 11.0. The van der Waals surface area contributed by atoms with Crippen LogP contribution >= 0.6 is 15.9 Å². The number of nitrogens with one attached hydrogen (secondary N) is 1. The van der Waals surface area contributed by atoms with Gasteiger partial charge in [0.1, 0.15) is 5.82 Å². The number of hydrogen-bond acceptors (Lipinski definition) is 2. The quantitative estimate of drug-likeness (QED) is 0.757. The van der Waals surface area contributed by atoms with Crippen molar-refractivity contribution in [1.29, 1.82) is 0 Å². The Hall–Kier alpha value is -1.78. The number of benzene rings is 2. The van der Waals surface area contributed by atoms with Crippen molar-refractivity contribution in [3.63, 3.8) is 0 Å². The molecule has 0 unspecified atom stereocenters. The first kappa shape index (κ1) is 14.2. The molecule has 0 spiro atoms. The lowest BCUT2D eigenvalue weighted by Crippen LogP contribution is -2.14. The SMILES string of the molecule is Fc1cc(Br)ccc1CNCc1cccc2cccnc12. The molecule has 2 nitrogen and oxygen atoms in total. The second kappa shape index (κ2) is 6.33. The molecule has 0 bridgehead atoms. The van der Waals surface area contributed by atoms with Gasteiger partial charge in [-0.15, -0.1) is 0 Å². The average molecular weight is 345 g/mol. The molecule has 0 aliphatic heterocycles. The van der Waals surface area contributed by atoms with Gasteiger partial charge in [-0.25, -0.2) is 4.39 Å². The third kappa shape index (κ3) is 3.28. The second-order valence-electron chi connectivity index (χ2n) is 4.83. The van der Waals surface area contributed by atoms with Crippen molar-refractivity contribution in [1.82, 2.24) is 10.3 Å². The van der Waals surface area contributed by atoms with Crippen molar-refractivity contribution in [3.8, 4) is 0 Å². The van der Waals surface area contributed by atoms with Gasteiger partial charge in [0, 0.05) is 34.7 Å². The van der Waals surface area contributed by atoms with Crippen molar-refractivity contribution in [2.45, 2.75) is 13.1 Å². The topological polar surface area (TPSA) is 24.9 Å². The maximum Gasteiger partial charge on any atom is 0.128 e. The van der Waals surface area contributed by atoms with E-state index in [4.69, 9.17) is 0 Å². The van der Waals surface area contributed by atoms with Gasteiger partial charge in [-0.3, -0.25) is 4.98 Å². The van der Waals surface area contributed by atoms with Crippen molar-refractivity contribution in [3.05, 3.63) is 76.1 Å². The maximum absolute atomic E-state index is 13.7. The van der Waals surface area contributed by atoms with Gasteiger partial charge in [0.15, 0.2) is 0 Å². The molecule has 0 amide bonds. The highest BCUT2D eigenvalue weighted by Gasteiger charge is 2.04. The van der Waals surface area contributed by atoms with Crippen molar-refractivity contribution in [2.75, 3.05) is 0 Å². The highest BCUT2D eigenvalue weighted by molar-refractivity contribution is 9.10. The molecule has 21 heavy (non-hydrogen) atoms. The molecule has 0 aliphatic carbocycles. The van der Waals surface area contributed by atoms with Gasteiger partial charge in [0.05, 0.1) is 5.52 Å². The Kier molecular flexibility index (Phi) is 4.27. The zero-order valence-corrected chi connectivity index (χ0v) is 12.9. The van der Waals surface area contributed by atoms with Crippen LogP contribution < -0.4 is 5.32 Å². The van der Waals surface area contributed by atoms with E-state index in [1.165, 1.54) is 6.07 Å². The second-order valence-corrected chi connectivity index (χ2v) is 5.75. The minimum absolute atomic E-state index is 0.201. The minimum atomic E-state index is -0.201. The molecule has 1 heterocycles. The van der Waals surface area contributed by atoms with Crippen LogP contribution in [-0.4, -0.2) is 4.98 Å². The molecule has 3 rings (SSSR count). The Bertz CT molecular complexity index is 768. The van der Waals surface area contributed by atoms with Crippen LogP contribution in [0, 0.1) is 5.82 Å². The van der Waals surface area contributed by atoms with Gasteiger partial charge in [-0.1, -0.05) is 46.3 Å². The van der Waals surface area contributed by atoms with E-state index in [0.29, 0.717) is 18.7 Å². The number of hydrogen-bond donors (Lipinski definition) is 1. The van der Waals surface area contributed by atoms with Crippen molar-refractivity contribution >= 4 is 26.8 Å². The largest absolute Gasteiger partial charge is 0.308 e. The van der Waals surface area contributed by atoms with Gasteiger partial charge >= 0.3 is 0 Å². The van der Waals surface area contributed by atoms with E-state index in [0.717, 1.165) is 20.9 Å². The van der Waals surface area contributed by atoms with Crippen LogP contribution in [0.15, 0.2) is 59.2 Å². The van der Waals surface area contributed by atoms with E-state index in [9.17, 15) is 4.39 Å². The molecular formula is C17H14BrFN2. The fourth-order valence-corrected chi connectivity index (χ4v) is 2.64. The molecule has 0 saturated heterocycles. The van der Waals surface area contributed by atoms with Crippen molar-refractivity contribution in [2.24, 2.45) is 0 Å². The number of pyridine rings is 1. The molecule has 3 aromatic rings. The molecule has 1 N–H and O–H groups in total. The fraction of sp³-hybridized carbons (Fsp3) is 0.118. The molecular weight excluding hydrogens is 331 g/mol. The summed E-state index contributed by atoms with van der Waals surface area (Å²) in [7, 11) is 0. The van der Waals surface area contributed by atoms with E-state index in [2.05, 4.69) is 26.2 Å². The molecule has 0 atom stereocenters. The molecule has 0 aliphatic rings. The summed E-state index contributed by atoms with van der Waals surface area (Å²) in [6, 6.07) is 15.2. The van der Waals surface area contributed by atoms with Gasteiger partial charge in [0.2, 0.25) is 0 Å². The van der Waals surface area contributed by atoms with Crippen LogP contribution in [0.25, 0.3) is 10.9 Å². The summed E-state index contributed by atoms with van der Waals surface area (Å²) in [5.74, 6) is -0.201. The Morgan fingerprint density at radius 1 is 1.00 bits per heavy atom. The van der Waals surface area contributed by atoms with Crippen LogP contribution in [0.5, 0.6) is 0 Å². The lowest BCUT2D eigenvalue weighted by molar-refractivity contribution is 0.587. The predicted molar refractivity (Wildman–Crippen MR) is 86.4 cm³/mol. The molecule has 4 heteroatoms. The number of para-hydroxylation sites is 1. The third-order valence-corrected chi connectivity index (χ3v) is 3.86. The van der Waals surface area contributed by atoms with Crippen LogP contribution in [0.2, 0.25) is 0 Å². The minimum Gasteiger partial charge on any atom is -0.308 e. The van der Waals surface area contributed by atoms with Gasteiger partial charge in [0.25, 0.3) is 0 Å². The Labute approximate surface area is 131 Å². The number of aromatic nitrogens is 1. The van der Waals surface area contributed by atoms with Gasteiger partial charge in [-0.2, -0.15) is 0 Å². The first-order valence-corrected chi connectivity index (χ1v) is 7.50. The van der Waals surface area contributed by atoms with E-state index >= 15 is 0 Å². The lowest BCUT2D eigenvalue weighted by Gasteiger charge is -2.08. The lowest BCUT2D eigenvalue weighted by atomic mass is 10.1. The standard InChI is InChI=1S/C17H14BrFN2/c18-15-7-6-13(16(19)9-15)10-20-11-14-4-1-3-12-5-2-8-21-17(12)14/h1-9,20H,10-11H2. The Morgan fingerprint density at radius 2 is 1.81 bits per heavy atom. The molecule has 0 saturated carbocycles. The van der Waals surface area contributed by atoms with Crippen LogP contribution in [0.3, 0.4) is 0 Å². The smallest absolute Gasteiger partial charge is 0.128 e. The molecule has 106 valence electrons. The van der Waals surface area contributed by atoms with Crippen LogP contribution in [0.4, 0.5) is 4.39 Å². The van der Waals surface area contributed by atoms with E-state index in [1.807, 2.05) is 36.4 Å². The zero-order chi connectivity index (χ0) is 14.7. The van der Waals surface area contributed by atoms with Crippen LogP contribution in [0.1, 0.15) is 11.1 Å². The van der Waals surface area contributed by atoms with E-state index in [-0.39, 0.29) is 5.82 Å². The fourth-order valence-electron chi connectivity index (χ4n) is 2.31. The summed E-state index contributed by atoms with van der Waals surface area (Å²) in [4.78, 5) is 4.42. The average Bonchev–Trinajstić information content (AvgIpc) is 2.50.